The summed E-state index contributed by atoms with van der Waals surface area (Å²) < 4.78 is 0. The fourth-order valence-corrected chi connectivity index (χ4v) is 2.06. The highest BCUT2D eigenvalue weighted by Gasteiger charge is 2.10. The zero-order valence-electron chi connectivity index (χ0n) is 9.96. The monoisotopic (exact) mass is 236 g/mol. The normalized spacial score (nSPS) is 10.7. The summed E-state index contributed by atoms with van der Waals surface area (Å²) in [5.74, 6) is 0.845. The average Bonchev–Trinajstić information content (AvgIpc) is 2.40. The first-order chi connectivity index (χ1) is 8.75. The van der Waals surface area contributed by atoms with E-state index in [2.05, 4.69) is 9.97 Å². The van der Waals surface area contributed by atoms with Crippen molar-refractivity contribution in [1.82, 2.24) is 9.97 Å². The summed E-state index contributed by atoms with van der Waals surface area (Å²) in [6.45, 7) is 1.83. The van der Waals surface area contributed by atoms with E-state index in [0.717, 1.165) is 16.6 Å². The first kappa shape index (κ1) is 10.7. The second kappa shape index (κ2) is 4.11. The van der Waals surface area contributed by atoms with Crippen molar-refractivity contribution >= 4 is 10.9 Å². The Morgan fingerprint density at radius 3 is 2.44 bits per heavy atom. The Morgan fingerprint density at radius 1 is 0.889 bits per heavy atom. The van der Waals surface area contributed by atoms with E-state index in [1.807, 2.05) is 49.4 Å². The summed E-state index contributed by atoms with van der Waals surface area (Å²) in [5, 5.41) is 10.7. The molecule has 0 fully saturated rings. The van der Waals surface area contributed by atoms with Crippen LogP contribution < -0.4 is 0 Å². The summed E-state index contributed by atoms with van der Waals surface area (Å²) in [6, 6.07) is 15.3. The number of rotatable bonds is 1. The molecule has 0 atom stereocenters. The second-order valence-electron chi connectivity index (χ2n) is 4.16. The average molecular weight is 236 g/mol. The Morgan fingerprint density at radius 2 is 1.67 bits per heavy atom. The topological polar surface area (TPSA) is 46.0 Å². The summed E-state index contributed by atoms with van der Waals surface area (Å²) >= 11 is 0. The van der Waals surface area contributed by atoms with E-state index < -0.39 is 0 Å². The number of para-hydroxylation sites is 1. The molecule has 3 aromatic rings. The molecule has 0 amide bonds. The molecule has 0 bridgehead atoms. The Kier molecular flexibility index (Phi) is 2.45. The van der Waals surface area contributed by atoms with Crippen molar-refractivity contribution in [2.75, 3.05) is 0 Å². The van der Waals surface area contributed by atoms with E-state index in [1.54, 1.807) is 6.07 Å². The Balaban J connectivity index is 2.39. The molecular weight excluding hydrogens is 224 g/mol. The molecule has 0 aliphatic heterocycles. The number of hydrogen-bond donors (Lipinski definition) is 1. The predicted molar refractivity (Wildman–Crippen MR) is 71.4 cm³/mol. The van der Waals surface area contributed by atoms with Crippen molar-refractivity contribution < 1.29 is 5.11 Å². The molecule has 0 aliphatic carbocycles. The van der Waals surface area contributed by atoms with Crippen molar-refractivity contribution in [3.63, 3.8) is 0 Å². The van der Waals surface area contributed by atoms with Gasteiger partial charge in [0, 0.05) is 10.9 Å². The van der Waals surface area contributed by atoms with Gasteiger partial charge in [-0.25, -0.2) is 9.97 Å². The molecule has 3 nitrogen and oxygen atoms in total. The molecule has 0 radical (unpaired) electrons. The molecule has 0 spiro atoms. The minimum atomic E-state index is 0.190. The van der Waals surface area contributed by atoms with E-state index in [9.17, 15) is 5.11 Å². The molecule has 18 heavy (non-hydrogen) atoms. The number of phenols is 1. The third kappa shape index (κ3) is 1.70. The van der Waals surface area contributed by atoms with Crippen molar-refractivity contribution in [1.29, 1.82) is 0 Å². The van der Waals surface area contributed by atoms with Gasteiger partial charge in [0.15, 0.2) is 0 Å². The molecule has 1 N–H and O–H groups in total. The Bertz CT molecular complexity index is 708. The summed E-state index contributed by atoms with van der Waals surface area (Å²) in [7, 11) is 0. The van der Waals surface area contributed by atoms with Gasteiger partial charge in [-0.1, -0.05) is 42.5 Å². The van der Waals surface area contributed by atoms with Crippen LogP contribution in [0.15, 0.2) is 48.5 Å². The van der Waals surface area contributed by atoms with Gasteiger partial charge < -0.3 is 5.11 Å². The van der Waals surface area contributed by atoms with Gasteiger partial charge in [-0.15, -0.1) is 0 Å². The van der Waals surface area contributed by atoms with E-state index in [0.29, 0.717) is 11.3 Å². The van der Waals surface area contributed by atoms with E-state index in [1.165, 1.54) is 0 Å². The number of aromatic nitrogens is 2. The lowest BCUT2D eigenvalue weighted by atomic mass is 10.1. The van der Waals surface area contributed by atoms with E-state index in [-0.39, 0.29) is 5.75 Å². The van der Waals surface area contributed by atoms with Crippen molar-refractivity contribution in [3.05, 3.63) is 54.4 Å². The van der Waals surface area contributed by atoms with E-state index >= 15 is 0 Å². The zero-order chi connectivity index (χ0) is 12.5. The van der Waals surface area contributed by atoms with Gasteiger partial charge in [-0.2, -0.15) is 0 Å². The number of fused-ring (bicyclic) bond motifs is 1. The molecule has 0 saturated heterocycles. The number of hydrogen-bond acceptors (Lipinski definition) is 3. The second-order valence-corrected chi connectivity index (χ2v) is 4.16. The molecule has 3 heteroatoms. The maximum absolute atomic E-state index is 9.88. The summed E-state index contributed by atoms with van der Waals surface area (Å²) in [4.78, 5) is 8.79. The van der Waals surface area contributed by atoms with Crippen LogP contribution >= 0.6 is 0 Å². The number of phenolic OH excluding ortho intramolecular Hbond substituents is 1. The highest BCUT2D eigenvalue weighted by atomic mass is 16.3. The first-order valence-electron chi connectivity index (χ1n) is 5.77. The molecule has 88 valence electrons. The zero-order valence-corrected chi connectivity index (χ0v) is 9.96. The minimum Gasteiger partial charge on any atom is -0.506 e. The lowest BCUT2D eigenvalue weighted by molar-refractivity contribution is 0.480. The van der Waals surface area contributed by atoms with Crippen LogP contribution in [0.2, 0.25) is 0 Å². The standard InChI is InChI=1S/C15H12N2O/c1-10-16-14(11-6-3-2-4-7-11)12-8-5-9-13(18)15(12)17-10/h2-9,18H,1H3. The third-order valence-corrected chi connectivity index (χ3v) is 2.86. The van der Waals surface area contributed by atoms with Crippen molar-refractivity contribution in [2.24, 2.45) is 0 Å². The molecule has 0 unspecified atom stereocenters. The predicted octanol–water partition coefficient (Wildman–Crippen LogP) is 3.31. The molecular formula is C15H12N2O. The first-order valence-corrected chi connectivity index (χ1v) is 5.77. The van der Waals surface area contributed by atoms with Crippen molar-refractivity contribution in [3.8, 4) is 17.0 Å². The summed E-state index contributed by atoms with van der Waals surface area (Å²) in [5.41, 5.74) is 2.48. The molecule has 3 rings (SSSR count). The quantitative estimate of drug-likeness (QED) is 0.705. The van der Waals surface area contributed by atoms with Crippen LogP contribution in [0.1, 0.15) is 5.82 Å². The van der Waals surface area contributed by atoms with Gasteiger partial charge in [0.25, 0.3) is 0 Å². The van der Waals surface area contributed by atoms with Gasteiger partial charge >= 0.3 is 0 Å². The highest BCUT2D eigenvalue weighted by molar-refractivity contribution is 5.95. The number of aryl methyl sites for hydroxylation is 1. The molecule has 1 heterocycles. The lowest BCUT2D eigenvalue weighted by Gasteiger charge is -2.07. The largest absolute Gasteiger partial charge is 0.506 e. The number of nitrogens with zero attached hydrogens (tertiary/aromatic N) is 2. The Hall–Kier alpha value is -2.42. The SMILES string of the molecule is Cc1nc(-c2ccccc2)c2cccc(O)c2n1. The van der Waals surface area contributed by atoms with Crippen LogP contribution in [-0.4, -0.2) is 15.1 Å². The Labute approximate surface area is 105 Å². The smallest absolute Gasteiger partial charge is 0.141 e. The number of aromatic hydroxyl groups is 1. The van der Waals surface area contributed by atoms with Crippen LogP contribution in [0.25, 0.3) is 22.2 Å². The molecule has 0 saturated carbocycles. The van der Waals surface area contributed by atoms with Crippen LogP contribution in [-0.2, 0) is 0 Å². The molecule has 1 aromatic heterocycles. The molecule has 2 aromatic carbocycles. The number of benzene rings is 2. The van der Waals surface area contributed by atoms with E-state index in [4.69, 9.17) is 0 Å². The van der Waals surface area contributed by atoms with Crippen molar-refractivity contribution in [2.45, 2.75) is 6.92 Å². The van der Waals surface area contributed by atoms with Crippen LogP contribution in [0, 0.1) is 6.92 Å². The maximum atomic E-state index is 9.88. The fourth-order valence-electron chi connectivity index (χ4n) is 2.06. The van der Waals surface area contributed by atoms with Gasteiger partial charge in [0.1, 0.15) is 17.1 Å². The summed E-state index contributed by atoms with van der Waals surface area (Å²) in [6.07, 6.45) is 0. The fraction of sp³-hybridized carbons (Fsp3) is 0.0667. The van der Waals surface area contributed by atoms with Gasteiger partial charge in [-0.05, 0) is 13.0 Å². The highest BCUT2D eigenvalue weighted by Crippen LogP contribution is 2.30. The van der Waals surface area contributed by atoms with Crippen LogP contribution in [0.4, 0.5) is 0 Å². The minimum absolute atomic E-state index is 0.190. The maximum Gasteiger partial charge on any atom is 0.141 e. The third-order valence-electron chi connectivity index (χ3n) is 2.86. The lowest BCUT2D eigenvalue weighted by Crippen LogP contribution is -1.94. The van der Waals surface area contributed by atoms with Crippen LogP contribution in [0.3, 0.4) is 0 Å². The van der Waals surface area contributed by atoms with Gasteiger partial charge in [-0.3, -0.25) is 0 Å². The van der Waals surface area contributed by atoms with Gasteiger partial charge in [0.05, 0.1) is 5.69 Å². The molecule has 0 aliphatic rings. The van der Waals surface area contributed by atoms with Crippen LogP contribution in [0.5, 0.6) is 5.75 Å². The van der Waals surface area contributed by atoms with Gasteiger partial charge in [0.2, 0.25) is 0 Å².